The van der Waals surface area contributed by atoms with Crippen LogP contribution in [0.4, 0.5) is 0 Å². The summed E-state index contributed by atoms with van der Waals surface area (Å²) in [6.45, 7) is 1.86. The molecule has 0 unspecified atom stereocenters. The van der Waals surface area contributed by atoms with Gasteiger partial charge in [0.2, 0.25) is 0 Å². The predicted octanol–water partition coefficient (Wildman–Crippen LogP) is 2.21. The van der Waals surface area contributed by atoms with Crippen molar-refractivity contribution in [3.8, 4) is 11.5 Å². The summed E-state index contributed by atoms with van der Waals surface area (Å²) in [7, 11) is 3.15. The first-order chi connectivity index (χ1) is 9.65. The van der Waals surface area contributed by atoms with Crippen molar-refractivity contribution >= 4 is 40.9 Å². The Hall–Kier alpha value is -0.730. The van der Waals surface area contributed by atoms with Crippen LogP contribution in [-0.4, -0.2) is 39.3 Å². The Bertz CT molecular complexity index is 493. The van der Waals surface area contributed by atoms with Crippen molar-refractivity contribution in [2.75, 3.05) is 27.3 Å². The van der Waals surface area contributed by atoms with Gasteiger partial charge in [0.05, 0.1) is 19.8 Å². The van der Waals surface area contributed by atoms with E-state index in [0.717, 1.165) is 29.5 Å². The van der Waals surface area contributed by atoms with Crippen LogP contribution >= 0.6 is 35.0 Å². The summed E-state index contributed by atoms with van der Waals surface area (Å²) in [5.41, 5.74) is 0.619. The van der Waals surface area contributed by atoms with Crippen molar-refractivity contribution in [2.45, 2.75) is 18.9 Å². The van der Waals surface area contributed by atoms with Gasteiger partial charge in [-0.15, -0.1) is 12.4 Å². The Morgan fingerprint density at radius 3 is 2.57 bits per heavy atom. The standard InChI is InChI=1S/C14H19IN2O3.ClH/c1-19-12-6-10(11(15)7-13(12)20-2)14(18)17-9-4-3-5-16-8-9;/h6-7,9,16H,3-5,8H2,1-2H3,(H,17,18);1H/t9-;/m0./s1. The van der Waals surface area contributed by atoms with Gasteiger partial charge in [0, 0.05) is 16.2 Å². The fraction of sp³-hybridized carbons (Fsp3) is 0.500. The summed E-state index contributed by atoms with van der Waals surface area (Å²) in [5.74, 6) is 1.14. The molecule has 1 aromatic rings. The molecular weight excluding hydrogens is 407 g/mol. The molecule has 7 heteroatoms. The van der Waals surface area contributed by atoms with E-state index in [-0.39, 0.29) is 24.4 Å². The zero-order valence-electron chi connectivity index (χ0n) is 12.1. The highest BCUT2D eigenvalue weighted by Gasteiger charge is 2.19. The Balaban J connectivity index is 0.00000220. The van der Waals surface area contributed by atoms with Gasteiger partial charge < -0.3 is 20.1 Å². The molecule has 1 atom stereocenters. The van der Waals surface area contributed by atoms with Gasteiger partial charge in [0.25, 0.3) is 5.91 Å². The van der Waals surface area contributed by atoms with Crippen molar-refractivity contribution in [2.24, 2.45) is 0 Å². The molecule has 1 heterocycles. The highest BCUT2D eigenvalue weighted by molar-refractivity contribution is 14.1. The highest BCUT2D eigenvalue weighted by atomic mass is 127. The normalized spacial score (nSPS) is 17.6. The number of amides is 1. The maximum Gasteiger partial charge on any atom is 0.252 e. The van der Waals surface area contributed by atoms with Gasteiger partial charge in [-0.1, -0.05) is 0 Å². The first-order valence-corrected chi connectivity index (χ1v) is 7.66. The number of nitrogens with one attached hydrogen (secondary N) is 2. The summed E-state index contributed by atoms with van der Waals surface area (Å²) in [6, 6.07) is 3.74. The quantitative estimate of drug-likeness (QED) is 0.725. The molecule has 1 amide bonds. The van der Waals surface area contributed by atoms with Gasteiger partial charge in [-0.2, -0.15) is 0 Å². The monoisotopic (exact) mass is 426 g/mol. The van der Waals surface area contributed by atoms with Crippen LogP contribution in [0.1, 0.15) is 23.2 Å². The van der Waals surface area contributed by atoms with Crippen molar-refractivity contribution in [3.05, 3.63) is 21.3 Å². The zero-order valence-corrected chi connectivity index (χ0v) is 15.0. The van der Waals surface area contributed by atoms with E-state index in [9.17, 15) is 4.79 Å². The third-order valence-corrected chi connectivity index (χ3v) is 4.24. The minimum absolute atomic E-state index is 0. The lowest BCUT2D eigenvalue weighted by molar-refractivity contribution is 0.0929. The average molecular weight is 427 g/mol. The van der Waals surface area contributed by atoms with Crippen LogP contribution < -0.4 is 20.1 Å². The molecule has 0 saturated carbocycles. The molecule has 0 aromatic heterocycles. The third kappa shape index (κ3) is 4.62. The number of carbonyl (C=O) groups excluding carboxylic acids is 1. The Labute approximate surface area is 144 Å². The molecule has 1 fully saturated rings. The molecule has 5 nitrogen and oxygen atoms in total. The minimum atomic E-state index is -0.0657. The molecule has 2 N–H and O–H groups in total. The number of benzene rings is 1. The summed E-state index contributed by atoms with van der Waals surface area (Å²) in [4.78, 5) is 12.4. The zero-order chi connectivity index (χ0) is 14.5. The number of carbonyl (C=O) groups is 1. The molecule has 1 aromatic carbocycles. The molecule has 1 aliphatic rings. The summed E-state index contributed by atoms with van der Waals surface area (Å²) in [5, 5.41) is 6.35. The van der Waals surface area contributed by atoms with Crippen LogP contribution in [0, 0.1) is 3.57 Å². The SMILES string of the molecule is COc1cc(I)c(C(=O)N[C@H]2CCCNC2)cc1OC.Cl. The van der Waals surface area contributed by atoms with Crippen LogP contribution in [0.15, 0.2) is 12.1 Å². The van der Waals surface area contributed by atoms with E-state index in [1.54, 1.807) is 20.3 Å². The van der Waals surface area contributed by atoms with Gasteiger partial charge in [-0.05, 0) is 54.1 Å². The van der Waals surface area contributed by atoms with E-state index in [2.05, 4.69) is 33.2 Å². The second-order valence-electron chi connectivity index (χ2n) is 4.70. The second kappa shape index (κ2) is 8.65. The largest absolute Gasteiger partial charge is 0.493 e. The van der Waals surface area contributed by atoms with Crippen LogP contribution in [-0.2, 0) is 0 Å². The molecule has 21 heavy (non-hydrogen) atoms. The third-order valence-electron chi connectivity index (χ3n) is 3.35. The van der Waals surface area contributed by atoms with Crippen molar-refractivity contribution < 1.29 is 14.3 Å². The summed E-state index contributed by atoms with van der Waals surface area (Å²) >= 11 is 2.14. The van der Waals surface area contributed by atoms with E-state index in [1.807, 2.05) is 6.07 Å². The number of methoxy groups -OCH3 is 2. The molecule has 0 radical (unpaired) electrons. The summed E-state index contributed by atoms with van der Waals surface area (Å²) in [6.07, 6.45) is 2.11. The van der Waals surface area contributed by atoms with Crippen molar-refractivity contribution in [1.82, 2.24) is 10.6 Å². The molecule has 1 saturated heterocycles. The highest BCUT2D eigenvalue weighted by Crippen LogP contribution is 2.31. The van der Waals surface area contributed by atoms with Gasteiger partial charge in [-0.25, -0.2) is 0 Å². The van der Waals surface area contributed by atoms with Crippen molar-refractivity contribution in [1.29, 1.82) is 0 Å². The van der Waals surface area contributed by atoms with Gasteiger partial charge in [0.15, 0.2) is 11.5 Å². The number of piperidine rings is 1. The maximum atomic E-state index is 12.4. The van der Waals surface area contributed by atoms with E-state index in [1.165, 1.54) is 0 Å². The van der Waals surface area contributed by atoms with E-state index in [0.29, 0.717) is 17.1 Å². The Kier molecular flexibility index (Phi) is 7.55. The lowest BCUT2D eigenvalue weighted by atomic mass is 10.1. The van der Waals surface area contributed by atoms with E-state index >= 15 is 0 Å². The lowest BCUT2D eigenvalue weighted by Gasteiger charge is -2.24. The first kappa shape index (κ1) is 18.3. The van der Waals surface area contributed by atoms with Gasteiger partial charge in [0.1, 0.15) is 0 Å². The van der Waals surface area contributed by atoms with Crippen LogP contribution in [0.5, 0.6) is 11.5 Å². The molecule has 118 valence electrons. The smallest absolute Gasteiger partial charge is 0.252 e. The predicted molar refractivity (Wildman–Crippen MR) is 92.9 cm³/mol. The second-order valence-corrected chi connectivity index (χ2v) is 5.87. The van der Waals surface area contributed by atoms with Crippen LogP contribution in [0.2, 0.25) is 0 Å². The lowest BCUT2D eigenvalue weighted by Crippen LogP contribution is -2.45. The van der Waals surface area contributed by atoms with E-state index < -0.39 is 0 Å². The molecule has 0 spiro atoms. The fourth-order valence-corrected chi connectivity index (χ4v) is 2.95. The molecule has 0 aliphatic carbocycles. The van der Waals surface area contributed by atoms with Gasteiger partial charge in [-0.3, -0.25) is 4.79 Å². The number of hydrogen-bond acceptors (Lipinski definition) is 4. The fourth-order valence-electron chi connectivity index (χ4n) is 2.27. The maximum absolute atomic E-state index is 12.4. The minimum Gasteiger partial charge on any atom is -0.493 e. The number of halogens is 2. The molecule has 1 aliphatic heterocycles. The number of rotatable bonds is 4. The van der Waals surface area contributed by atoms with Crippen molar-refractivity contribution in [3.63, 3.8) is 0 Å². The van der Waals surface area contributed by atoms with Crippen LogP contribution in [0.3, 0.4) is 0 Å². The van der Waals surface area contributed by atoms with Crippen LogP contribution in [0.25, 0.3) is 0 Å². The summed E-state index contributed by atoms with van der Waals surface area (Å²) < 4.78 is 11.3. The Morgan fingerprint density at radius 2 is 2.00 bits per heavy atom. The Morgan fingerprint density at radius 1 is 1.33 bits per heavy atom. The first-order valence-electron chi connectivity index (χ1n) is 6.58. The number of ether oxygens (including phenoxy) is 2. The molecular formula is C14H20ClIN2O3. The molecule has 2 rings (SSSR count). The topological polar surface area (TPSA) is 59.6 Å². The van der Waals surface area contributed by atoms with Gasteiger partial charge >= 0.3 is 0 Å². The number of hydrogen-bond donors (Lipinski definition) is 2. The average Bonchev–Trinajstić information content (AvgIpc) is 2.47. The van der Waals surface area contributed by atoms with E-state index in [4.69, 9.17) is 9.47 Å². The molecule has 0 bridgehead atoms.